The minimum Gasteiger partial charge on any atom is -0.326 e. The normalized spacial score (nSPS) is 11.2. The Morgan fingerprint density at radius 2 is 1.81 bits per heavy atom. The maximum absolute atomic E-state index is 12.3. The standard InChI is InChI=1S/C18H26N4O5/c1-3-4-5-6-15(11-22(27)12-23)18(26)21-20-17(25)14-7-9-16(10-8-14)19-13(2)24/h7-10,12,15,27H,3-6,11H2,1-2H3,(H,19,24)(H,20,25)(H,21,26)/t15-/m1/s1. The highest BCUT2D eigenvalue weighted by Crippen LogP contribution is 2.12. The Morgan fingerprint density at radius 1 is 1.15 bits per heavy atom. The van der Waals surface area contributed by atoms with Gasteiger partial charge in [-0.1, -0.05) is 26.2 Å². The van der Waals surface area contributed by atoms with Crippen LogP contribution >= 0.6 is 0 Å². The fourth-order valence-electron chi connectivity index (χ4n) is 2.42. The number of carbonyl (C=O) groups is 4. The SMILES string of the molecule is CCCCC[C@H](CN(O)C=O)C(=O)NNC(=O)c1ccc(NC(C)=O)cc1. The van der Waals surface area contributed by atoms with Gasteiger partial charge in [0.15, 0.2) is 0 Å². The van der Waals surface area contributed by atoms with Gasteiger partial charge in [-0.05, 0) is 30.7 Å². The van der Waals surface area contributed by atoms with Crippen molar-refractivity contribution in [2.45, 2.75) is 39.5 Å². The van der Waals surface area contributed by atoms with E-state index in [1.807, 2.05) is 6.92 Å². The Labute approximate surface area is 158 Å². The molecule has 1 aromatic rings. The van der Waals surface area contributed by atoms with Crippen LogP contribution in [0.2, 0.25) is 0 Å². The summed E-state index contributed by atoms with van der Waals surface area (Å²) in [5.41, 5.74) is 5.48. The molecule has 27 heavy (non-hydrogen) atoms. The Bertz CT molecular complexity index is 648. The van der Waals surface area contributed by atoms with Crippen molar-refractivity contribution in [2.75, 3.05) is 11.9 Å². The number of hydrogen-bond acceptors (Lipinski definition) is 5. The first-order valence-corrected chi connectivity index (χ1v) is 8.76. The fourth-order valence-corrected chi connectivity index (χ4v) is 2.42. The highest BCUT2D eigenvalue weighted by atomic mass is 16.5. The molecule has 0 aliphatic rings. The summed E-state index contributed by atoms with van der Waals surface area (Å²) in [5, 5.41) is 12.3. The summed E-state index contributed by atoms with van der Waals surface area (Å²) in [7, 11) is 0. The second-order valence-electron chi connectivity index (χ2n) is 6.12. The number of nitrogens with one attached hydrogen (secondary N) is 3. The molecule has 0 aromatic heterocycles. The van der Waals surface area contributed by atoms with Crippen LogP contribution in [0.3, 0.4) is 0 Å². The Hall–Kier alpha value is -2.94. The summed E-state index contributed by atoms with van der Waals surface area (Å²) in [6, 6.07) is 6.15. The van der Waals surface area contributed by atoms with E-state index in [1.165, 1.54) is 19.1 Å². The molecule has 0 saturated heterocycles. The van der Waals surface area contributed by atoms with Gasteiger partial charge in [-0.2, -0.15) is 0 Å². The summed E-state index contributed by atoms with van der Waals surface area (Å²) in [4.78, 5) is 46.0. The minimum atomic E-state index is -0.644. The molecule has 0 bridgehead atoms. The molecule has 148 valence electrons. The molecule has 1 aromatic carbocycles. The van der Waals surface area contributed by atoms with Crippen molar-refractivity contribution in [3.63, 3.8) is 0 Å². The average molecular weight is 378 g/mol. The lowest BCUT2D eigenvalue weighted by Gasteiger charge is -2.19. The maximum atomic E-state index is 12.3. The molecule has 0 saturated carbocycles. The second-order valence-corrected chi connectivity index (χ2v) is 6.12. The third kappa shape index (κ3) is 8.32. The number of anilines is 1. The van der Waals surface area contributed by atoms with Crippen LogP contribution in [0, 0.1) is 5.92 Å². The number of nitrogens with zero attached hydrogens (tertiary/aromatic N) is 1. The number of benzene rings is 1. The van der Waals surface area contributed by atoms with Crippen LogP contribution in [-0.2, 0) is 14.4 Å². The number of hydrogen-bond donors (Lipinski definition) is 4. The van der Waals surface area contributed by atoms with E-state index in [-0.39, 0.29) is 18.9 Å². The maximum Gasteiger partial charge on any atom is 0.269 e. The summed E-state index contributed by atoms with van der Waals surface area (Å²) in [6.45, 7) is 3.25. The van der Waals surface area contributed by atoms with Crippen molar-refractivity contribution in [1.82, 2.24) is 15.9 Å². The Morgan fingerprint density at radius 3 is 2.37 bits per heavy atom. The molecule has 0 aliphatic carbocycles. The van der Waals surface area contributed by atoms with Crippen LogP contribution < -0.4 is 16.2 Å². The molecule has 1 atom stereocenters. The largest absolute Gasteiger partial charge is 0.326 e. The third-order valence-electron chi connectivity index (χ3n) is 3.82. The smallest absolute Gasteiger partial charge is 0.269 e. The van der Waals surface area contributed by atoms with Crippen LogP contribution in [0.1, 0.15) is 49.9 Å². The van der Waals surface area contributed by atoms with E-state index in [0.717, 1.165) is 19.3 Å². The van der Waals surface area contributed by atoms with E-state index < -0.39 is 17.7 Å². The topological polar surface area (TPSA) is 128 Å². The number of carbonyl (C=O) groups excluding carboxylic acids is 4. The zero-order valence-electron chi connectivity index (χ0n) is 15.5. The van der Waals surface area contributed by atoms with Crippen molar-refractivity contribution < 1.29 is 24.4 Å². The monoisotopic (exact) mass is 378 g/mol. The highest BCUT2D eigenvalue weighted by molar-refractivity contribution is 5.96. The van der Waals surface area contributed by atoms with Gasteiger partial charge in [0.2, 0.25) is 18.2 Å². The van der Waals surface area contributed by atoms with E-state index in [0.29, 0.717) is 22.7 Å². The summed E-state index contributed by atoms with van der Waals surface area (Å²) >= 11 is 0. The molecular weight excluding hydrogens is 352 g/mol. The molecule has 4 amide bonds. The zero-order chi connectivity index (χ0) is 20.2. The molecule has 9 heteroatoms. The molecule has 0 unspecified atom stereocenters. The van der Waals surface area contributed by atoms with Gasteiger partial charge >= 0.3 is 0 Å². The average Bonchev–Trinajstić information content (AvgIpc) is 2.65. The first kappa shape index (κ1) is 22.1. The van der Waals surface area contributed by atoms with Crippen molar-refractivity contribution >= 4 is 29.8 Å². The van der Waals surface area contributed by atoms with Crippen LogP contribution in [0.25, 0.3) is 0 Å². The van der Waals surface area contributed by atoms with Crippen LogP contribution in [0.4, 0.5) is 5.69 Å². The molecule has 9 nitrogen and oxygen atoms in total. The van der Waals surface area contributed by atoms with Gasteiger partial charge in [0.1, 0.15) is 0 Å². The van der Waals surface area contributed by atoms with E-state index in [1.54, 1.807) is 12.1 Å². The lowest BCUT2D eigenvalue weighted by atomic mass is 10.0. The molecule has 0 radical (unpaired) electrons. The Kier molecular flexibility index (Phi) is 9.52. The number of rotatable bonds is 10. The molecule has 0 aliphatic heterocycles. The first-order chi connectivity index (χ1) is 12.9. The van der Waals surface area contributed by atoms with Gasteiger partial charge in [0.05, 0.1) is 12.5 Å². The van der Waals surface area contributed by atoms with Gasteiger partial charge in [-0.3, -0.25) is 35.2 Å². The lowest BCUT2D eigenvalue weighted by Crippen LogP contribution is -2.46. The minimum absolute atomic E-state index is 0.152. The molecule has 1 rings (SSSR count). The van der Waals surface area contributed by atoms with Crippen molar-refractivity contribution in [1.29, 1.82) is 0 Å². The first-order valence-electron chi connectivity index (χ1n) is 8.76. The second kappa shape index (κ2) is 11.6. The summed E-state index contributed by atoms with van der Waals surface area (Å²) in [6.07, 6.45) is 3.36. The van der Waals surface area contributed by atoms with Gasteiger partial charge in [0.25, 0.3) is 5.91 Å². The van der Waals surface area contributed by atoms with Gasteiger partial charge in [-0.25, -0.2) is 5.06 Å². The van der Waals surface area contributed by atoms with E-state index in [4.69, 9.17) is 0 Å². The van der Waals surface area contributed by atoms with Crippen molar-refractivity contribution in [2.24, 2.45) is 5.92 Å². The summed E-state index contributed by atoms with van der Waals surface area (Å²) in [5.74, 6) is -1.88. The predicted octanol–water partition coefficient (Wildman–Crippen LogP) is 1.45. The number of unbranched alkanes of at least 4 members (excludes halogenated alkanes) is 2. The van der Waals surface area contributed by atoms with Gasteiger partial charge < -0.3 is 5.32 Å². The van der Waals surface area contributed by atoms with E-state index in [2.05, 4.69) is 16.2 Å². The zero-order valence-corrected chi connectivity index (χ0v) is 15.5. The lowest BCUT2D eigenvalue weighted by molar-refractivity contribution is -0.154. The molecule has 0 spiro atoms. The number of hydrazine groups is 1. The van der Waals surface area contributed by atoms with E-state index >= 15 is 0 Å². The summed E-state index contributed by atoms with van der Waals surface area (Å²) < 4.78 is 0. The molecule has 4 N–H and O–H groups in total. The van der Waals surface area contributed by atoms with Crippen LogP contribution in [0.5, 0.6) is 0 Å². The highest BCUT2D eigenvalue weighted by Gasteiger charge is 2.21. The number of hydroxylamine groups is 2. The van der Waals surface area contributed by atoms with Crippen molar-refractivity contribution in [3.8, 4) is 0 Å². The van der Waals surface area contributed by atoms with Crippen molar-refractivity contribution in [3.05, 3.63) is 29.8 Å². The number of amides is 4. The fraction of sp³-hybridized carbons (Fsp3) is 0.444. The van der Waals surface area contributed by atoms with Gasteiger partial charge in [-0.15, -0.1) is 0 Å². The molecule has 0 fully saturated rings. The van der Waals surface area contributed by atoms with Crippen LogP contribution in [0.15, 0.2) is 24.3 Å². The van der Waals surface area contributed by atoms with E-state index in [9.17, 15) is 24.4 Å². The van der Waals surface area contributed by atoms with Gasteiger partial charge in [0, 0.05) is 18.2 Å². The molecular formula is C18H26N4O5. The Balaban J connectivity index is 2.60. The molecule has 0 heterocycles. The predicted molar refractivity (Wildman–Crippen MR) is 98.5 cm³/mol. The quantitative estimate of drug-likeness (QED) is 0.212. The third-order valence-corrected chi connectivity index (χ3v) is 3.82. The van der Waals surface area contributed by atoms with Crippen LogP contribution in [-0.4, -0.2) is 40.9 Å².